The van der Waals surface area contributed by atoms with E-state index in [0.717, 1.165) is 5.56 Å². The molecule has 30 heavy (non-hydrogen) atoms. The Morgan fingerprint density at radius 2 is 1.80 bits per heavy atom. The molecule has 0 unspecified atom stereocenters. The number of ether oxygens (including phenoxy) is 2. The van der Waals surface area contributed by atoms with Crippen LogP contribution in [0, 0.1) is 0 Å². The summed E-state index contributed by atoms with van der Waals surface area (Å²) in [5.41, 5.74) is 1.80. The van der Waals surface area contributed by atoms with Crippen molar-refractivity contribution in [2.75, 3.05) is 38.7 Å². The summed E-state index contributed by atoms with van der Waals surface area (Å²) in [4.78, 5) is 26.8. The Balaban J connectivity index is 1.63. The van der Waals surface area contributed by atoms with Crippen LogP contribution in [0.1, 0.15) is 15.9 Å². The lowest BCUT2D eigenvalue weighted by molar-refractivity contribution is -0.115. The average molecular weight is 426 g/mol. The summed E-state index contributed by atoms with van der Waals surface area (Å²) >= 11 is 5.25. The molecular formula is C22H23N3O4S. The smallest absolute Gasteiger partial charge is 0.256 e. The molecule has 8 heteroatoms. The zero-order chi connectivity index (χ0) is 21.3. The van der Waals surface area contributed by atoms with Gasteiger partial charge in [-0.1, -0.05) is 30.3 Å². The number of anilines is 1. The molecule has 0 aromatic heterocycles. The maximum absolute atomic E-state index is 12.8. The zero-order valence-corrected chi connectivity index (χ0v) is 17.4. The van der Waals surface area contributed by atoms with E-state index in [2.05, 4.69) is 10.6 Å². The van der Waals surface area contributed by atoms with Crippen LogP contribution < -0.4 is 15.4 Å². The molecule has 0 saturated carbocycles. The van der Waals surface area contributed by atoms with Gasteiger partial charge in [0.2, 0.25) is 5.91 Å². The Hall–Kier alpha value is -3.23. The minimum atomic E-state index is -0.393. The van der Waals surface area contributed by atoms with Crippen molar-refractivity contribution >= 4 is 40.9 Å². The molecule has 1 aliphatic rings. The van der Waals surface area contributed by atoms with Gasteiger partial charge in [0.25, 0.3) is 5.91 Å². The third-order valence-electron chi connectivity index (χ3n) is 4.49. The van der Waals surface area contributed by atoms with Crippen LogP contribution in [-0.4, -0.2) is 55.2 Å². The van der Waals surface area contributed by atoms with Crippen LogP contribution in [0.4, 0.5) is 5.69 Å². The first-order valence-electron chi connectivity index (χ1n) is 9.47. The third kappa shape index (κ3) is 5.65. The van der Waals surface area contributed by atoms with Crippen molar-refractivity contribution in [3.05, 3.63) is 65.7 Å². The van der Waals surface area contributed by atoms with Crippen LogP contribution in [-0.2, 0) is 9.53 Å². The number of thiocarbonyl (C=S) groups is 1. The average Bonchev–Trinajstić information content (AvgIpc) is 2.78. The third-order valence-corrected chi connectivity index (χ3v) is 4.70. The largest absolute Gasteiger partial charge is 0.496 e. The first-order chi connectivity index (χ1) is 14.6. The molecule has 0 bridgehead atoms. The number of carbonyl (C=O) groups excluding carboxylic acids is 2. The Kier molecular flexibility index (Phi) is 7.53. The van der Waals surface area contributed by atoms with Crippen molar-refractivity contribution in [1.29, 1.82) is 0 Å². The Morgan fingerprint density at radius 3 is 2.57 bits per heavy atom. The Morgan fingerprint density at radius 1 is 1.10 bits per heavy atom. The lowest BCUT2D eigenvalue weighted by Gasteiger charge is -2.27. The predicted molar refractivity (Wildman–Crippen MR) is 120 cm³/mol. The number of para-hydroxylation sites is 2. The summed E-state index contributed by atoms with van der Waals surface area (Å²) in [6.07, 6.45) is 3.02. The van der Waals surface area contributed by atoms with E-state index < -0.39 is 5.91 Å². The molecule has 0 aliphatic carbocycles. The number of carbonyl (C=O) groups is 2. The van der Waals surface area contributed by atoms with E-state index >= 15 is 0 Å². The molecular weight excluding hydrogens is 402 g/mol. The molecule has 7 nitrogen and oxygen atoms in total. The van der Waals surface area contributed by atoms with Crippen molar-refractivity contribution in [1.82, 2.24) is 10.2 Å². The normalized spacial score (nSPS) is 13.7. The van der Waals surface area contributed by atoms with Crippen molar-refractivity contribution in [2.45, 2.75) is 0 Å². The van der Waals surface area contributed by atoms with Gasteiger partial charge in [-0.3, -0.25) is 14.9 Å². The van der Waals surface area contributed by atoms with Crippen molar-refractivity contribution in [2.24, 2.45) is 0 Å². The summed E-state index contributed by atoms with van der Waals surface area (Å²) in [5.74, 6) is 0.166. The van der Waals surface area contributed by atoms with Gasteiger partial charge in [0.1, 0.15) is 5.75 Å². The van der Waals surface area contributed by atoms with Gasteiger partial charge in [-0.15, -0.1) is 0 Å². The first kappa shape index (κ1) is 21.5. The zero-order valence-electron chi connectivity index (χ0n) is 16.6. The number of amides is 2. The number of hydrogen-bond donors (Lipinski definition) is 2. The topological polar surface area (TPSA) is 79.9 Å². The standard InChI is InChI=1S/C22H23N3O4S/c1-28-19-9-5-2-6-16(19)10-11-20(26)24-22(30)23-18-8-4-3-7-17(18)21(27)25-12-14-29-15-13-25/h2-11H,12-15H2,1H3,(H2,23,24,26,30)/b11-10+. The van der Waals surface area contributed by atoms with Gasteiger partial charge in [0.05, 0.1) is 31.6 Å². The molecule has 2 N–H and O–H groups in total. The summed E-state index contributed by atoms with van der Waals surface area (Å²) in [5, 5.41) is 5.64. The van der Waals surface area contributed by atoms with Crippen molar-refractivity contribution in [3.63, 3.8) is 0 Å². The second-order valence-corrected chi connectivity index (χ2v) is 6.88. The summed E-state index contributed by atoms with van der Waals surface area (Å²) in [6, 6.07) is 14.4. The molecule has 1 heterocycles. The van der Waals surface area contributed by atoms with Crippen LogP contribution in [0.2, 0.25) is 0 Å². The highest BCUT2D eigenvalue weighted by Crippen LogP contribution is 2.19. The lowest BCUT2D eigenvalue weighted by Crippen LogP contribution is -2.41. The number of rotatable bonds is 5. The second kappa shape index (κ2) is 10.5. The van der Waals surface area contributed by atoms with Gasteiger partial charge in [0.15, 0.2) is 5.11 Å². The van der Waals surface area contributed by atoms with E-state index in [9.17, 15) is 9.59 Å². The molecule has 2 aromatic carbocycles. The molecule has 0 radical (unpaired) electrons. The quantitative estimate of drug-likeness (QED) is 0.566. The van der Waals surface area contributed by atoms with Gasteiger partial charge in [-0.2, -0.15) is 0 Å². The number of morpholine rings is 1. The monoisotopic (exact) mass is 425 g/mol. The number of nitrogens with one attached hydrogen (secondary N) is 2. The fraction of sp³-hybridized carbons (Fsp3) is 0.227. The molecule has 1 aliphatic heterocycles. The highest BCUT2D eigenvalue weighted by Gasteiger charge is 2.21. The Labute approximate surface area is 180 Å². The maximum Gasteiger partial charge on any atom is 0.256 e. The molecule has 2 aromatic rings. The number of methoxy groups -OCH3 is 1. The maximum atomic E-state index is 12.8. The van der Waals surface area contributed by atoms with Gasteiger partial charge in [-0.25, -0.2) is 0 Å². The molecule has 2 amide bonds. The van der Waals surface area contributed by atoms with Crippen LogP contribution >= 0.6 is 12.2 Å². The van der Waals surface area contributed by atoms with Gasteiger partial charge < -0.3 is 19.7 Å². The van der Waals surface area contributed by atoms with Gasteiger partial charge in [0, 0.05) is 24.7 Å². The lowest BCUT2D eigenvalue weighted by atomic mass is 10.1. The molecule has 156 valence electrons. The minimum Gasteiger partial charge on any atom is -0.496 e. The van der Waals surface area contributed by atoms with E-state index in [1.54, 1.807) is 42.4 Å². The second-order valence-electron chi connectivity index (χ2n) is 6.47. The van der Waals surface area contributed by atoms with E-state index in [-0.39, 0.29) is 11.0 Å². The van der Waals surface area contributed by atoms with E-state index in [1.165, 1.54) is 6.08 Å². The molecule has 0 spiro atoms. The molecule has 3 rings (SSSR count). The van der Waals surface area contributed by atoms with Gasteiger partial charge in [-0.05, 0) is 36.5 Å². The van der Waals surface area contributed by atoms with E-state index in [0.29, 0.717) is 43.3 Å². The fourth-order valence-corrected chi connectivity index (χ4v) is 3.20. The SMILES string of the molecule is COc1ccccc1/C=C/C(=O)NC(=S)Nc1ccccc1C(=O)N1CCOCC1. The Bertz CT molecular complexity index is 955. The summed E-state index contributed by atoms with van der Waals surface area (Å²) in [6.45, 7) is 2.13. The minimum absolute atomic E-state index is 0.104. The highest BCUT2D eigenvalue weighted by molar-refractivity contribution is 7.80. The number of benzene rings is 2. The molecule has 1 fully saturated rings. The van der Waals surface area contributed by atoms with Gasteiger partial charge >= 0.3 is 0 Å². The van der Waals surface area contributed by atoms with Crippen LogP contribution in [0.25, 0.3) is 6.08 Å². The van der Waals surface area contributed by atoms with Crippen molar-refractivity contribution < 1.29 is 19.1 Å². The van der Waals surface area contributed by atoms with E-state index in [4.69, 9.17) is 21.7 Å². The van der Waals surface area contributed by atoms with Crippen molar-refractivity contribution in [3.8, 4) is 5.75 Å². The molecule has 1 saturated heterocycles. The highest BCUT2D eigenvalue weighted by atomic mass is 32.1. The summed E-state index contributed by atoms with van der Waals surface area (Å²) in [7, 11) is 1.57. The molecule has 0 atom stereocenters. The first-order valence-corrected chi connectivity index (χ1v) is 9.88. The van der Waals surface area contributed by atoms with Crippen LogP contribution in [0.15, 0.2) is 54.6 Å². The number of hydrogen-bond acceptors (Lipinski definition) is 5. The van der Waals surface area contributed by atoms with Crippen LogP contribution in [0.3, 0.4) is 0 Å². The fourth-order valence-electron chi connectivity index (χ4n) is 2.99. The number of nitrogens with zero attached hydrogens (tertiary/aromatic N) is 1. The van der Waals surface area contributed by atoms with E-state index in [1.807, 2.05) is 24.3 Å². The predicted octanol–water partition coefficient (Wildman–Crippen LogP) is 2.69. The van der Waals surface area contributed by atoms with Crippen LogP contribution in [0.5, 0.6) is 5.75 Å². The summed E-state index contributed by atoms with van der Waals surface area (Å²) < 4.78 is 10.6.